The fourth-order valence-corrected chi connectivity index (χ4v) is 7.66. The highest BCUT2D eigenvalue weighted by atomic mass is 19.1. The summed E-state index contributed by atoms with van der Waals surface area (Å²) in [5.41, 5.74) is 12.8. The Morgan fingerprint density at radius 2 is 0.902 bits per heavy atom. The number of fused-ring (bicyclic) bond motifs is 7. The van der Waals surface area contributed by atoms with E-state index >= 15 is 0 Å². The van der Waals surface area contributed by atoms with Gasteiger partial charge in [-0.05, 0) is 77.9 Å². The van der Waals surface area contributed by atoms with Gasteiger partial charge in [0.2, 0.25) is 0 Å². The summed E-state index contributed by atoms with van der Waals surface area (Å²) in [4.78, 5) is 5.08. The number of para-hydroxylation sites is 2. The Labute approximate surface area is 294 Å². The van der Waals surface area contributed by atoms with Crippen LogP contribution in [0.2, 0.25) is 0 Å². The van der Waals surface area contributed by atoms with Gasteiger partial charge < -0.3 is 9.13 Å². The fourth-order valence-electron chi connectivity index (χ4n) is 7.66. The van der Waals surface area contributed by atoms with Crippen molar-refractivity contribution in [3.63, 3.8) is 0 Å². The molecule has 0 aliphatic heterocycles. The lowest BCUT2D eigenvalue weighted by Crippen LogP contribution is -1.96. The van der Waals surface area contributed by atoms with E-state index in [0.29, 0.717) is 0 Å². The maximum atomic E-state index is 14.1. The molecule has 10 aromatic rings. The molecule has 10 rings (SSSR count). The normalized spacial score (nSPS) is 11.6. The van der Waals surface area contributed by atoms with Crippen molar-refractivity contribution in [3.05, 3.63) is 188 Å². The maximum absolute atomic E-state index is 14.1. The van der Waals surface area contributed by atoms with Crippen LogP contribution in [0.25, 0.3) is 88.6 Å². The number of hydrogen-bond donors (Lipinski definition) is 0. The van der Waals surface area contributed by atoms with Gasteiger partial charge in [-0.1, -0.05) is 115 Å². The SMILES string of the molecule is Fc1ccc(-n2c3ccccc3c3ccc4c(c5ccccc5n4-c4ccc(-c5cc(-c6ccccc6)nc(-c6ccccc6)c5)cc4)c32)cc1. The molecule has 0 saturated heterocycles. The second-order valence-electron chi connectivity index (χ2n) is 12.9. The van der Waals surface area contributed by atoms with Gasteiger partial charge in [-0.3, -0.25) is 0 Å². The lowest BCUT2D eigenvalue weighted by Gasteiger charge is -2.12. The van der Waals surface area contributed by atoms with Crippen LogP contribution in [0.1, 0.15) is 0 Å². The number of pyridine rings is 1. The molecule has 51 heavy (non-hydrogen) atoms. The van der Waals surface area contributed by atoms with Crippen molar-refractivity contribution in [2.75, 3.05) is 0 Å². The zero-order valence-electron chi connectivity index (χ0n) is 27.5. The third-order valence-corrected chi connectivity index (χ3v) is 9.98. The molecule has 3 nitrogen and oxygen atoms in total. The zero-order valence-corrected chi connectivity index (χ0v) is 27.5. The van der Waals surface area contributed by atoms with Crippen molar-refractivity contribution in [1.29, 1.82) is 0 Å². The average molecular weight is 656 g/mol. The predicted molar refractivity (Wildman–Crippen MR) is 209 cm³/mol. The van der Waals surface area contributed by atoms with E-state index in [1.165, 1.54) is 33.7 Å². The van der Waals surface area contributed by atoms with Gasteiger partial charge >= 0.3 is 0 Å². The number of halogens is 1. The van der Waals surface area contributed by atoms with E-state index in [4.69, 9.17) is 4.98 Å². The van der Waals surface area contributed by atoms with Gasteiger partial charge in [-0.15, -0.1) is 0 Å². The highest BCUT2D eigenvalue weighted by Gasteiger charge is 2.21. The number of hydrogen-bond acceptors (Lipinski definition) is 1. The quantitative estimate of drug-likeness (QED) is 0.181. The second kappa shape index (κ2) is 11.7. The Morgan fingerprint density at radius 1 is 0.373 bits per heavy atom. The molecule has 0 aliphatic carbocycles. The van der Waals surface area contributed by atoms with E-state index in [0.717, 1.165) is 67.1 Å². The molecule has 0 fully saturated rings. The first kappa shape index (κ1) is 29.2. The van der Waals surface area contributed by atoms with E-state index in [1.54, 1.807) is 0 Å². The molecular weight excluding hydrogens is 626 g/mol. The van der Waals surface area contributed by atoms with Crippen LogP contribution in [0.5, 0.6) is 0 Å². The van der Waals surface area contributed by atoms with Crippen molar-refractivity contribution in [2.24, 2.45) is 0 Å². The van der Waals surface area contributed by atoms with Gasteiger partial charge in [0.1, 0.15) is 5.82 Å². The van der Waals surface area contributed by atoms with Gasteiger partial charge in [-0.2, -0.15) is 0 Å². The van der Waals surface area contributed by atoms with Gasteiger partial charge in [0.25, 0.3) is 0 Å². The Kier molecular flexibility index (Phi) is 6.68. The molecule has 7 aromatic carbocycles. The molecule has 0 N–H and O–H groups in total. The number of benzene rings is 7. The smallest absolute Gasteiger partial charge is 0.123 e. The van der Waals surface area contributed by atoms with Crippen LogP contribution in [0.3, 0.4) is 0 Å². The van der Waals surface area contributed by atoms with Crippen LogP contribution < -0.4 is 0 Å². The first-order valence-electron chi connectivity index (χ1n) is 17.2. The van der Waals surface area contributed by atoms with Crippen LogP contribution in [0.15, 0.2) is 182 Å². The summed E-state index contributed by atoms with van der Waals surface area (Å²) in [6.07, 6.45) is 0. The Hall–Kier alpha value is -6.78. The van der Waals surface area contributed by atoms with Gasteiger partial charge in [-0.25, -0.2) is 9.37 Å². The van der Waals surface area contributed by atoms with Gasteiger partial charge in [0, 0.05) is 44.0 Å². The van der Waals surface area contributed by atoms with Crippen molar-refractivity contribution >= 4 is 43.6 Å². The van der Waals surface area contributed by atoms with Crippen LogP contribution in [0.4, 0.5) is 4.39 Å². The standard InChI is InChI=1S/C47H30FN3/c48-35-21-25-37(26-22-35)51-43-17-9-7-15-38(43)39-27-28-45-46(47(39)51)40-16-8-10-18-44(40)50(45)36-23-19-31(20-24-36)34-29-41(32-11-3-1-4-12-32)49-42(30-34)33-13-5-2-6-14-33/h1-30H. The molecule has 0 aliphatic rings. The molecule has 0 radical (unpaired) electrons. The number of rotatable bonds is 5. The summed E-state index contributed by atoms with van der Waals surface area (Å²) < 4.78 is 18.8. The summed E-state index contributed by atoms with van der Waals surface area (Å²) in [7, 11) is 0. The highest BCUT2D eigenvalue weighted by Crippen LogP contribution is 2.42. The molecule has 0 amide bonds. The van der Waals surface area contributed by atoms with Crippen LogP contribution in [-0.4, -0.2) is 14.1 Å². The summed E-state index contributed by atoms with van der Waals surface area (Å²) in [6, 6.07) is 62.3. The van der Waals surface area contributed by atoms with E-state index < -0.39 is 0 Å². The summed E-state index contributed by atoms with van der Waals surface area (Å²) in [5.74, 6) is -0.246. The number of nitrogens with zero attached hydrogens (tertiary/aromatic N) is 3. The first-order chi connectivity index (χ1) is 25.2. The average Bonchev–Trinajstić information content (AvgIpc) is 3.72. The Morgan fingerprint density at radius 3 is 1.55 bits per heavy atom. The van der Waals surface area contributed by atoms with Crippen LogP contribution in [0, 0.1) is 5.82 Å². The minimum atomic E-state index is -0.246. The van der Waals surface area contributed by atoms with E-state index in [2.05, 4.69) is 155 Å². The first-order valence-corrected chi connectivity index (χ1v) is 17.2. The topological polar surface area (TPSA) is 22.8 Å². The van der Waals surface area contributed by atoms with Crippen LogP contribution >= 0.6 is 0 Å². The van der Waals surface area contributed by atoms with Crippen molar-refractivity contribution in [2.45, 2.75) is 0 Å². The summed E-state index contributed by atoms with van der Waals surface area (Å²) in [5, 5.41) is 4.67. The van der Waals surface area contributed by atoms with E-state index in [-0.39, 0.29) is 5.82 Å². The molecule has 3 heterocycles. The van der Waals surface area contributed by atoms with E-state index in [1.807, 2.05) is 24.3 Å². The third kappa shape index (κ3) is 4.76. The molecule has 0 atom stereocenters. The van der Waals surface area contributed by atoms with Crippen molar-refractivity contribution in [3.8, 4) is 45.0 Å². The van der Waals surface area contributed by atoms with Gasteiger partial charge in [0.15, 0.2) is 0 Å². The van der Waals surface area contributed by atoms with E-state index in [9.17, 15) is 4.39 Å². The Bertz CT molecular complexity index is 2830. The van der Waals surface area contributed by atoms with Crippen molar-refractivity contribution < 1.29 is 4.39 Å². The number of aromatic nitrogens is 3. The maximum Gasteiger partial charge on any atom is 0.123 e. The largest absolute Gasteiger partial charge is 0.309 e. The molecule has 240 valence electrons. The molecular formula is C47H30FN3. The molecule has 3 aromatic heterocycles. The monoisotopic (exact) mass is 655 g/mol. The second-order valence-corrected chi connectivity index (χ2v) is 12.9. The molecule has 0 spiro atoms. The summed E-state index contributed by atoms with van der Waals surface area (Å²) >= 11 is 0. The van der Waals surface area contributed by atoms with Crippen molar-refractivity contribution in [1.82, 2.24) is 14.1 Å². The highest BCUT2D eigenvalue weighted by molar-refractivity contribution is 6.26. The lowest BCUT2D eigenvalue weighted by molar-refractivity contribution is 0.627. The Balaban J connectivity index is 1.17. The fraction of sp³-hybridized carbons (Fsp3) is 0. The minimum Gasteiger partial charge on any atom is -0.309 e. The summed E-state index contributed by atoms with van der Waals surface area (Å²) in [6.45, 7) is 0. The lowest BCUT2D eigenvalue weighted by atomic mass is 10.00. The van der Waals surface area contributed by atoms with Gasteiger partial charge in [0.05, 0.1) is 33.5 Å². The predicted octanol–water partition coefficient (Wildman–Crippen LogP) is 12.4. The van der Waals surface area contributed by atoms with Crippen LogP contribution in [-0.2, 0) is 0 Å². The molecule has 0 bridgehead atoms. The molecule has 0 unspecified atom stereocenters. The molecule has 0 saturated carbocycles. The molecule has 4 heteroatoms. The third-order valence-electron chi connectivity index (χ3n) is 9.98. The zero-order chi connectivity index (χ0) is 33.9. The minimum absolute atomic E-state index is 0.246.